The first-order valence-corrected chi connectivity index (χ1v) is 12.1. The smallest absolute Gasteiger partial charge is 0.0684 e. The zero-order valence-electron chi connectivity index (χ0n) is 18.9. The van der Waals surface area contributed by atoms with Gasteiger partial charge in [-0.05, 0) is 55.9 Å². The number of hydrogen-bond donors (Lipinski definition) is 2. The third-order valence-electron chi connectivity index (χ3n) is 8.00. The lowest BCUT2D eigenvalue weighted by atomic mass is 9.79. The summed E-state index contributed by atoms with van der Waals surface area (Å²) >= 11 is 0. The highest BCUT2D eigenvalue weighted by molar-refractivity contribution is 6.07. The fourth-order valence-corrected chi connectivity index (χ4v) is 6.37. The molecule has 0 spiro atoms. The molecule has 4 nitrogen and oxygen atoms in total. The lowest BCUT2D eigenvalue weighted by molar-refractivity contribution is 0.138. The molecule has 0 aliphatic carbocycles. The third kappa shape index (κ3) is 2.90. The first-order valence-electron chi connectivity index (χ1n) is 12.1. The van der Waals surface area contributed by atoms with E-state index in [4.69, 9.17) is 4.98 Å². The van der Waals surface area contributed by atoms with Crippen molar-refractivity contribution in [1.82, 2.24) is 19.9 Å². The number of allylic oxidation sites excluding steroid dienone is 1. The van der Waals surface area contributed by atoms with E-state index < -0.39 is 0 Å². The topological polar surface area (TPSA) is 47.7 Å². The number of fused-ring (bicyclic) bond motifs is 8. The minimum atomic E-state index is 0.455. The molecule has 2 N–H and O–H groups in total. The van der Waals surface area contributed by atoms with Crippen molar-refractivity contribution >= 4 is 32.7 Å². The Labute approximate surface area is 193 Å². The van der Waals surface area contributed by atoms with Crippen LogP contribution in [0.3, 0.4) is 0 Å². The fraction of sp³-hybridized carbons (Fsp3) is 0.276. The van der Waals surface area contributed by atoms with Gasteiger partial charge < -0.3 is 9.97 Å². The molecular formula is C29H28N4. The van der Waals surface area contributed by atoms with Crippen molar-refractivity contribution in [3.05, 3.63) is 89.4 Å². The number of aromatic amines is 2. The standard InChI is InChI=1S/C29H28N4/c1-2-18-17-33-14-12-23-21-8-4-6-10-25(21)32-29(23)27(33)16-19(18)15-26-28-22(11-13-30-26)20-7-3-5-9-24(20)31-28/h2-11,13,19,27,31-32H,12,14-17H2,1H3/b18-2-/t19-,27+/m0/s1. The van der Waals surface area contributed by atoms with Crippen LogP contribution in [0.15, 0.2) is 72.4 Å². The maximum atomic E-state index is 4.87. The van der Waals surface area contributed by atoms with E-state index >= 15 is 0 Å². The number of aromatic nitrogens is 3. The van der Waals surface area contributed by atoms with Crippen molar-refractivity contribution in [2.45, 2.75) is 32.2 Å². The van der Waals surface area contributed by atoms with Gasteiger partial charge in [0, 0.05) is 52.2 Å². The van der Waals surface area contributed by atoms with Crippen LogP contribution in [0, 0.1) is 5.92 Å². The van der Waals surface area contributed by atoms with E-state index in [1.54, 1.807) is 5.57 Å². The van der Waals surface area contributed by atoms with E-state index in [1.165, 1.54) is 49.7 Å². The summed E-state index contributed by atoms with van der Waals surface area (Å²) in [5.74, 6) is 0.498. The van der Waals surface area contributed by atoms with Crippen molar-refractivity contribution in [3.63, 3.8) is 0 Å². The fourth-order valence-electron chi connectivity index (χ4n) is 6.37. The summed E-state index contributed by atoms with van der Waals surface area (Å²) in [6.07, 6.45) is 7.58. The molecule has 164 valence electrons. The van der Waals surface area contributed by atoms with E-state index in [9.17, 15) is 0 Å². The van der Waals surface area contributed by atoms with Crippen LogP contribution < -0.4 is 0 Å². The predicted octanol–water partition coefficient (Wildman–Crippen LogP) is 6.31. The first kappa shape index (κ1) is 19.1. The number of pyridine rings is 1. The van der Waals surface area contributed by atoms with E-state index in [0.29, 0.717) is 12.0 Å². The Morgan fingerprint density at radius 1 is 0.970 bits per heavy atom. The molecule has 0 radical (unpaired) electrons. The number of nitrogens with zero attached hydrogens (tertiary/aromatic N) is 2. The van der Waals surface area contributed by atoms with Gasteiger partial charge in [0.05, 0.1) is 17.3 Å². The van der Waals surface area contributed by atoms with Gasteiger partial charge >= 0.3 is 0 Å². The van der Waals surface area contributed by atoms with Crippen LogP contribution in [0.25, 0.3) is 32.7 Å². The quantitative estimate of drug-likeness (QED) is 0.321. The summed E-state index contributed by atoms with van der Waals surface area (Å²) in [6, 6.07) is 20.0. The SMILES string of the molecule is C/C=C1/CN2CCc3c([nH]c4ccccc34)[C@H]2C[C@@H]1Cc1nccc2c1[nH]c1ccccc12. The van der Waals surface area contributed by atoms with Gasteiger partial charge in [-0.25, -0.2) is 0 Å². The summed E-state index contributed by atoms with van der Waals surface area (Å²) in [7, 11) is 0. The Balaban J connectivity index is 1.28. The molecule has 1 saturated heterocycles. The molecule has 0 amide bonds. The number of H-pyrrole nitrogens is 2. The summed E-state index contributed by atoms with van der Waals surface area (Å²) in [5.41, 5.74) is 9.39. The van der Waals surface area contributed by atoms with E-state index in [0.717, 1.165) is 32.4 Å². The molecule has 2 aliphatic heterocycles. The van der Waals surface area contributed by atoms with E-state index in [1.807, 2.05) is 6.20 Å². The second-order valence-corrected chi connectivity index (χ2v) is 9.65. The van der Waals surface area contributed by atoms with Gasteiger partial charge in [-0.1, -0.05) is 48.0 Å². The van der Waals surface area contributed by atoms with Crippen LogP contribution in [0.4, 0.5) is 0 Å². The molecule has 2 aliphatic rings. The van der Waals surface area contributed by atoms with Crippen LogP contribution in [0.2, 0.25) is 0 Å². The van der Waals surface area contributed by atoms with Crippen LogP contribution in [-0.2, 0) is 12.8 Å². The summed E-state index contributed by atoms with van der Waals surface area (Å²) in [4.78, 5) is 15.0. The van der Waals surface area contributed by atoms with Crippen molar-refractivity contribution in [2.24, 2.45) is 5.92 Å². The largest absolute Gasteiger partial charge is 0.357 e. The second kappa shape index (κ2) is 7.32. The predicted molar refractivity (Wildman–Crippen MR) is 135 cm³/mol. The van der Waals surface area contributed by atoms with Crippen molar-refractivity contribution in [1.29, 1.82) is 0 Å². The number of nitrogens with one attached hydrogen (secondary N) is 2. The molecule has 2 atom stereocenters. The molecule has 33 heavy (non-hydrogen) atoms. The normalized spacial score (nSPS) is 22.3. The Morgan fingerprint density at radius 3 is 2.61 bits per heavy atom. The average molecular weight is 433 g/mol. The molecule has 1 fully saturated rings. The van der Waals surface area contributed by atoms with Gasteiger partial charge in [-0.15, -0.1) is 0 Å². The molecule has 7 rings (SSSR count). The minimum Gasteiger partial charge on any atom is -0.357 e. The van der Waals surface area contributed by atoms with Gasteiger partial charge in [-0.2, -0.15) is 0 Å². The van der Waals surface area contributed by atoms with Gasteiger partial charge in [0.1, 0.15) is 0 Å². The summed E-state index contributed by atoms with van der Waals surface area (Å²) in [6.45, 7) is 4.40. The third-order valence-corrected chi connectivity index (χ3v) is 8.00. The highest BCUT2D eigenvalue weighted by Gasteiger charge is 2.37. The van der Waals surface area contributed by atoms with Crippen molar-refractivity contribution < 1.29 is 0 Å². The molecule has 0 bridgehead atoms. The Hall–Kier alpha value is -3.37. The van der Waals surface area contributed by atoms with Gasteiger partial charge in [0.15, 0.2) is 0 Å². The zero-order valence-corrected chi connectivity index (χ0v) is 18.9. The van der Waals surface area contributed by atoms with Crippen LogP contribution in [0.5, 0.6) is 0 Å². The molecule has 0 unspecified atom stereocenters. The average Bonchev–Trinajstić information content (AvgIpc) is 3.43. The number of benzene rings is 2. The zero-order chi connectivity index (χ0) is 21.9. The summed E-state index contributed by atoms with van der Waals surface area (Å²) < 4.78 is 0. The van der Waals surface area contributed by atoms with Gasteiger partial charge in [0.25, 0.3) is 0 Å². The maximum Gasteiger partial charge on any atom is 0.0684 e. The van der Waals surface area contributed by atoms with Gasteiger partial charge in [-0.3, -0.25) is 9.88 Å². The van der Waals surface area contributed by atoms with Gasteiger partial charge in [0.2, 0.25) is 0 Å². The molecule has 5 aromatic rings. The highest BCUT2D eigenvalue weighted by Crippen LogP contribution is 2.44. The number of para-hydroxylation sites is 2. The molecule has 2 aromatic carbocycles. The molecular weight excluding hydrogens is 404 g/mol. The Bertz CT molecular complexity index is 1540. The van der Waals surface area contributed by atoms with E-state index in [-0.39, 0.29) is 0 Å². The molecule has 0 saturated carbocycles. The first-order chi connectivity index (χ1) is 16.3. The lowest BCUT2D eigenvalue weighted by Crippen LogP contribution is -2.43. The second-order valence-electron chi connectivity index (χ2n) is 9.65. The molecule has 4 heteroatoms. The number of rotatable bonds is 2. The molecule has 5 heterocycles. The summed E-state index contributed by atoms with van der Waals surface area (Å²) in [5, 5.41) is 3.97. The Morgan fingerprint density at radius 2 is 1.76 bits per heavy atom. The minimum absolute atomic E-state index is 0.455. The lowest BCUT2D eigenvalue weighted by Gasteiger charge is -2.43. The van der Waals surface area contributed by atoms with Crippen molar-refractivity contribution in [2.75, 3.05) is 13.1 Å². The monoisotopic (exact) mass is 432 g/mol. The highest BCUT2D eigenvalue weighted by atomic mass is 15.2. The number of hydrogen-bond acceptors (Lipinski definition) is 2. The van der Waals surface area contributed by atoms with E-state index in [2.05, 4.69) is 82.5 Å². The van der Waals surface area contributed by atoms with Crippen LogP contribution >= 0.6 is 0 Å². The van der Waals surface area contributed by atoms with Crippen molar-refractivity contribution in [3.8, 4) is 0 Å². The van der Waals surface area contributed by atoms with Crippen LogP contribution in [-0.4, -0.2) is 32.9 Å². The Kier molecular flexibility index (Phi) is 4.25. The molecule has 3 aromatic heterocycles. The number of piperidine rings is 1. The maximum absolute atomic E-state index is 4.87. The van der Waals surface area contributed by atoms with Crippen LogP contribution in [0.1, 0.15) is 36.3 Å².